The zero-order valence-corrected chi connectivity index (χ0v) is 37.6. The second-order valence-electron chi connectivity index (χ2n) is 17.7. The van der Waals surface area contributed by atoms with Gasteiger partial charge in [-0.3, -0.25) is 39.1 Å². The standard InChI is InChI=1S/C49H49FN12O6/c1-28-21-30(3-4-31(28)24-53-46(64)37-22-32(50)5-10-39(37)68-2)43-42-44(51)54-27-55-45(42)62(57-43)34-7-11-40(52-25-34)60-19-17-58(18-20-60)26-29-13-15-59(16-14-29)33-6-8-35-36(23-33)49(67)61(48(35)66)38-9-12-41(63)56-47(38)65/h3-8,10-11,21-23,25,27,29,38H,9,12-20,24,26H2,1-2H3,(H,53,64)(H2,51,54,55)(H,56,63,65). The van der Waals surface area contributed by atoms with E-state index >= 15 is 0 Å². The van der Waals surface area contributed by atoms with Crippen LogP contribution in [0.3, 0.4) is 0 Å². The lowest BCUT2D eigenvalue weighted by atomic mass is 9.95. The first kappa shape index (κ1) is 44.1. The molecule has 5 amide bonds. The average Bonchev–Trinajstić information content (AvgIpc) is 3.86. The van der Waals surface area contributed by atoms with Gasteiger partial charge in [0.2, 0.25) is 11.8 Å². The van der Waals surface area contributed by atoms with Gasteiger partial charge in [0, 0.05) is 70.0 Å². The Labute approximate surface area is 390 Å². The van der Waals surface area contributed by atoms with E-state index in [0.29, 0.717) is 39.7 Å². The van der Waals surface area contributed by atoms with E-state index in [1.54, 1.807) is 23.0 Å². The van der Waals surface area contributed by atoms with E-state index in [9.17, 15) is 28.4 Å². The highest BCUT2D eigenvalue weighted by atomic mass is 19.1. The number of amides is 5. The van der Waals surface area contributed by atoms with E-state index in [-0.39, 0.29) is 36.3 Å². The molecule has 4 aliphatic heterocycles. The Bertz CT molecular complexity index is 3000. The number of nitrogen functional groups attached to an aromatic ring is 1. The van der Waals surface area contributed by atoms with E-state index in [2.05, 4.69) is 35.3 Å². The number of imide groups is 2. The number of rotatable bonds is 11. The number of hydrogen-bond donors (Lipinski definition) is 3. The van der Waals surface area contributed by atoms with Crippen LogP contribution in [-0.4, -0.2) is 123 Å². The molecule has 68 heavy (non-hydrogen) atoms. The van der Waals surface area contributed by atoms with Crippen LogP contribution >= 0.6 is 0 Å². The van der Waals surface area contributed by atoms with Crippen molar-refractivity contribution in [1.82, 2.24) is 45.2 Å². The quantitative estimate of drug-likeness (QED) is 0.155. The minimum Gasteiger partial charge on any atom is -0.496 e. The predicted molar refractivity (Wildman–Crippen MR) is 250 cm³/mol. The van der Waals surface area contributed by atoms with Crippen molar-refractivity contribution in [3.8, 4) is 22.7 Å². The largest absolute Gasteiger partial charge is 0.496 e. The minimum absolute atomic E-state index is 0.0820. The number of pyridine rings is 1. The third kappa shape index (κ3) is 8.33. The fourth-order valence-electron chi connectivity index (χ4n) is 9.77. The molecular formula is C49H49FN12O6. The highest BCUT2D eigenvalue weighted by Crippen LogP contribution is 2.35. The van der Waals surface area contributed by atoms with Crippen molar-refractivity contribution in [3.05, 3.63) is 113 Å². The molecule has 0 saturated carbocycles. The lowest BCUT2D eigenvalue weighted by Crippen LogP contribution is -2.54. The molecule has 3 saturated heterocycles. The molecule has 0 radical (unpaired) electrons. The highest BCUT2D eigenvalue weighted by molar-refractivity contribution is 6.23. The summed E-state index contributed by atoms with van der Waals surface area (Å²) in [6.07, 6.45) is 5.40. The van der Waals surface area contributed by atoms with Crippen LogP contribution < -0.4 is 30.9 Å². The number of hydrogen-bond acceptors (Lipinski definition) is 14. The molecule has 6 aromatic rings. The number of nitrogens with two attached hydrogens (primary N) is 1. The van der Waals surface area contributed by atoms with Gasteiger partial charge in [-0.25, -0.2) is 24.0 Å². The zero-order chi connectivity index (χ0) is 47.2. The van der Waals surface area contributed by atoms with Crippen molar-refractivity contribution in [3.63, 3.8) is 0 Å². The van der Waals surface area contributed by atoms with Gasteiger partial charge in [0.15, 0.2) is 5.65 Å². The molecule has 4 aliphatic rings. The zero-order valence-electron chi connectivity index (χ0n) is 37.6. The number of methoxy groups -OCH3 is 1. The minimum atomic E-state index is -0.986. The number of piperidine rings is 2. The molecule has 3 aromatic heterocycles. The lowest BCUT2D eigenvalue weighted by molar-refractivity contribution is -0.136. The summed E-state index contributed by atoms with van der Waals surface area (Å²) in [5.41, 5.74) is 12.4. The maximum atomic E-state index is 13.9. The fourth-order valence-corrected chi connectivity index (χ4v) is 9.77. The van der Waals surface area contributed by atoms with E-state index in [1.165, 1.54) is 25.6 Å². The third-order valence-electron chi connectivity index (χ3n) is 13.5. The molecule has 348 valence electrons. The molecular weight excluding hydrogens is 872 g/mol. The van der Waals surface area contributed by atoms with Gasteiger partial charge in [0.05, 0.1) is 41.1 Å². The van der Waals surface area contributed by atoms with Crippen LogP contribution in [-0.2, 0) is 16.1 Å². The Morgan fingerprint density at radius 1 is 0.853 bits per heavy atom. The number of anilines is 3. The Morgan fingerprint density at radius 2 is 1.63 bits per heavy atom. The van der Waals surface area contributed by atoms with E-state index in [4.69, 9.17) is 20.6 Å². The average molecular weight is 921 g/mol. The first-order valence-corrected chi connectivity index (χ1v) is 22.7. The van der Waals surface area contributed by atoms with E-state index in [0.717, 1.165) is 97.8 Å². The molecule has 19 heteroatoms. The number of nitrogens with zero attached hydrogens (tertiary/aromatic N) is 9. The van der Waals surface area contributed by atoms with E-state index < -0.39 is 41.4 Å². The molecule has 1 unspecified atom stereocenters. The SMILES string of the molecule is COc1ccc(F)cc1C(=O)NCc1ccc(-c2nn(-c3ccc(N4CCN(CC5CCN(c6ccc7c(c6)C(=O)N(C6CCC(=O)NC6=O)C7=O)CC5)CC4)nc3)c3ncnc(N)c23)cc1C. The van der Waals surface area contributed by atoms with Crippen molar-refractivity contribution >= 4 is 57.9 Å². The van der Waals surface area contributed by atoms with Crippen molar-refractivity contribution in [2.75, 3.05) is 68.5 Å². The Balaban J connectivity index is 0.740. The summed E-state index contributed by atoms with van der Waals surface area (Å²) in [6.45, 7) is 8.29. The maximum absolute atomic E-state index is 13.9. The van der Waals surface area contributed by atoms with Crippen molar-refractivity contribution in [2.45, 2.75) is 45.2 Å². The Morgan fingerprint density at radius 3 is 2.37 bits per heavy atom. The Kier molecular flexibility index (Phi) is 11.7. The van der Waals surface area contributed by atoms with Crippen LogP contribution in [0.2, 0.25) is 0 Å². The third-order valence-corrected chi connectivity index (χ3v) is 13.5. The number of piperazine rings is 1. The van der Waals surface area contributed by atoms with Crippen LogP contribution in [0.4, 0.5) is 21.7 Å². The van der Waals surface area contributed by atoms with Gasteiger partial charge in [0.1, 0.15) is 41.3 Å². The van der Waals surface area contributed by atoms with Gasteiger partial charge in [0.25, 0.3) is 17.7 Å². The van der Waals surface area contributed by atoms with Gasteiger partial charge < -0.3 is 25.6 Å². The van der Waals surface area contributed by atoms with Crippen molar-refractivity contribution in [2.24, 2.45) is 5.92 Å². The molecule has 10 rings (SSSR count). The second kappa shape index (κ2) is 18.1. The summed E-state index contributed by atoms with van der Waals surface area (Å²) in [7, 11) is 1.43. The summed E-state index contributed by atoms with van der Waals surface area (Å²) >= 11 is 0. The predicted octanol–water partition coefficient (Wildman–Crippen LogP) is 4.29. The number of nitrogens with one attached hydrogen (secondary N) is 2. The van der Waals surface area contributed by atoms with Gasteiger partial charge in [-0.15, -0.1) is 0 Å². The molecule has 4 N–H and O–H groups in total. The molecule has 1 atom stereocenters. The van der Waals surface area contributed by atoms with Gasteiger partial charge >= 0.3 is 0 Å². The van der Waals surface area contributed by atoms with Gasteiger partial charge in [-0.1, -0.05) is 12.1 Å². The van der Waals surface area contributed by atoms with Crippen molar-refractivity contribution in [1.29, 1.82) is 0 Å². The number of benzene rings is 3. The number of halogens is 1. The van der Waals surface area contributed by atoms with Crippen molar-refractivity contribution < 1.29 is 33.1 Å². The van der Waals surface area contributed by atoms with Crippen LogP contribution in [0.25, 0.3) is 28.0 Å². The van der Waals surface area contributed by atoms with Crippen LogP contribution in [0.1, 0.15) is 67.9 Å². The van der Waals surface area contributed by atoms with Gasteiger partial charge in [-0.2, -0.15) is 5.10 Å². The topological polar surface area (TPSA) is 214 Å². The monoisotopic (exact) mass is 920 g/mol. The first-order valence-electron chi connectivity index (χ1n) is 22.7. The van der Waals surface area contributed by atoms with Crippen LogP contribution in [0.5, 0.6) is 5.75 Å². The molecule has 0 bridgehead atoms. The molecule has 18 nitrogen and oxygen atoms in total. The highest BCUT2D eigenvalue weighted by Gasteiger charge is 2.45. The van der Waals surface area contributed by atoms with Crippen LogP contribution in [0, 0.1) is 18.7 Å². The summed E-state index contributed by atoms with van der Waals surface area (Å²) in [6, 6.07) is 17.9. The molecule has 7 heterocycles. The molecule has 0 spiro atoms. The second-order valence-corrected chi connectivity index (χ2v) is 17.7. The molecule has 3 aromatic carbocycles. The van der Waals surface area contributed by atoms with E-state index in [1.807, 2.05) is 43.3 Å². The summed E-state index contributed by atoms with van der Waals surface area (Å²) in [5.74, 6) is -1.02. The van der Waals surface area contributed by atoms with Gasteiger partial charge in [-0.05, 0) is 97.8 Å². The Hall–Kier alpha value is -7.80. The molecule has 3 fully saturated rings. The number of carbonyl (C=O) groups is 5. The number of ether oxygens (including phenoxy) is 1. The number of fused-ring (bicyclic) bond motifs is 2. The number of aryl methyl sites for hydroxylation is 1. The van der Waals surface area contributed by atoms with Crippen LogP contribution in [0.15, 0.2) is 79.3 Å². The first-order chi connectivity index (χ1) is 32.9. The smallest absolute Gasteiger partial charge is 0.262 e. The fraction of sp³-hybridized carbons (Fsp3) is 0.327. The summed E-state index contributed by atoms with van der Waals surface area (Å²) in [4.78, 5) is 85.4. The summed E-state index contributed by atoms with van der Waals surface area (Å²) in [5, 5.41) is 10.7. The normalized spacial score (nSPS) is 18.0. The molecule has 0 aliphatic carbocycles. The number of aromatic nitrogens is 5. The maximum Gasteiger partial charge on any atom is 0.262 e. The summed E-state index contributed by atoms with van der Waals surface area (Å²) < 4.78 is 20.9. The lowest BCUT2D eigenvalue weighted by Gasteiger charge is -2.39. The number of carbonyl (C=O) groups excluding carboxylic acids is 5.